The van der Waals surface area contributed by atoms with Gasteiger partial charge in [0.1, 0.15) is 5.82 Å². The van der Waals surface area contributed by atoms with Crippen molar-refractivity contribution in [1.82, 2.24) is 10.1 Å². The van der Waals surface area contributed by atoms with Gasteiger partial charge >= 0.3 is 5.97 Å². The second-order valence-corrected chi connectivity index (χ2v) is 8.56. The Morgan fingerprint density at radius 3 is 2.59 bits per heavy atom. The van der Waals surface area contributed by atoms with E-state index in [4.69, 9.17) is 9.26 Å². The molecule has 1 aromatic heterocycles. The van der Waals surface area contributed by atoms with Crippen LogP contribution in [0.2, 0.25) is 0 Å². The standard InChI is InChI=1S/C20H21FN2O4/c21-15-3-1-14(2-4-15)17-22-16(27-23-17)10-26-18(24)19-6-12-5-13(7-19)9-20(25,8-12)11-19/h1-4,12-13,25H,5-11H2/t12-,13+,19?,20?. The molecule has 2 aromatic rings. The molecule has 4 aliphatic carbocycles. The van der Waals surface area contributed by atoms with Gasteiger partial charge in [-0.2, -0.15) is 4.98 Å². The third-order valence-corrected chi connectivity index (χ3v) is 6.36. The molecule has 1 heterocycles. The predicted molar refractivity (Wildman–Crippen MR) is 91.6 cm³/mol. The van der Waals surface area contributed by atoms with Crippen LogP contribution in [0.15, 0.2) is 28.8 Å². The highest BCUT2D eigenvalue weighted by Crippen LogP contribution is 2.62. The maximum absolute atomic E-state index is 13.0. The number of carbonyl (C=O) groups is 1. The highest BCUT2D eigenvalue weighted by atomic mass is 19.1. The second kappa shape index (κ2) is 5.86. The number of nitrogens with zero attached hydrogens (tertiary/aromatic N) is 2. The summed E-state index contributed by atoms with van der Waals surface area (Å²) in [6.45, 7) is -0.0947. The fraction of sp³-hybridized carbons (Fsp3) is 0.550. The molecule has 6 nitrogen and oxygen atoms in total. The molecule has 4 saturated carbocycles. The predicted octanol–water partition coefficient (Wildman–Crippen LogP) is 3.25. The zero-order valence-corrected chi connectivity index (χ0v) is 14.9. The number of ether oxygens (including phenoxy) is 1. The normalized spacial score (nSPS) is 34.0. The lowest BCUT2D eigenvalue weighted by Crippen LogP contribution is -2.58. The van der Waals surface area contributed by atoms with Crippen LogP contribution in [0.1, 0.15) is 44.4 Å². The van der Waals surface area contributed by atoms with E-state index in [0.717, 1.165) is 32.1 Å². The summed E-state index contributed by atoms with van der Waals surface area (Å²) in [5.41, 5.74) is -0.650. The van der Waals surface area contributed by atoms with E-state index in [0.29, 0.717) is 29.6 Å². The van der Waals surface area contributed by atoms with Gasteiger partial charge in [0.2, 0.25) is 5.82 Å². The summed E-state index contributed by atoms with van der Waals surface area (Å²) in [6, 6.07) is 5.77. The summed E-state index contributed by atoms with van der Waals surface area (Å²) < 4.78 is 23.7. The molecule has 0 aliphatic heterocycles. The molecule has 1 aromatic carbocycles. The van der Waals surface area contributed by atoms with E-state index in [9.17, 15) is 14.3 Å². The van der Waals surface area contributed by atoms with Crippen LogP contribution < -0.4 is 0 Å². The minimum Gasteiger partial charge on any atom is -0.455 e. The lowest BCUT2D eigenvalue weighted by Gasteiger charge is -2.58. The van der Waals surface area contributed by atoms with E-state index in [-0.39, 0.29) is 24.3 Å². The van der Waals surface area contributed by atoms with Crippen LogP contribution in [-0.4, -0.2) is 26.8 Å². The van der Waals surface area contributed by atoms with E-state index < -0.39 is 11.0 Å². The fourth-order valence-corrected chi connectivity index (χ4v) is 5.76. The van der Waals surface area contributed by atoms with Gasteiger partial charge in [0.15, 0.2) is 6.61 Å². The number of aromatic nitrogens is 2. The van der Waals surface area contributed by atoms with Crippen molar-refractivity contribution >= 4 is 5.97 Å². The van der Waals surface area contributed by atoms with E-state index in [1.54, 1.807) is 12.1 Å². The number of aliphatic hydroxyl groups is 1. The van der Waals surface area contributed by atoms with Gasteiger partial charge in [0, 0.05) is 5.56 Å². The Labute approximate surface area is 155 Å². The first kappa shape index (κ1) is 16.9. The number of esters is 1. The third-order valence-electron chi connectivity index (χ3n) is 6.36. The van der Waals surface area contributed by atoms with Crippen molar-refractivity contribution in [3.63, 3.8) is 0 Å². The Hall–Kier alpha value is -2.28. The van der Waals surface area contributed by atoms with Crippen molar-refractivity contribution in [2.24, 2.45) is 17.3 Å². The number of halogens is 1. The third kappa shape index (κ3) is 2.94. The van der Waals surface area contributed by atoms with Crippen LogP contribution in [0, 0.1) is 23.1 Å². The van der Waals surface area contributed by atoms with Crippen molar-refractivity contribution in [1.29, 1.82) is 0 Å². The second-order valence-electron chi connectivity index (χ2n) is 8.56. The molecule has 2 unspecified atom stereocenters. The maximum Gasteiger partial charge on any atom is 0.312 e. The van der Waals surface area contributed by atoms with Crippen LogP contribution >= 0.6 is 0 Å². The molecule has 0 spiro atoms. The van der Waals surface area contributed by atoms with Crippen LogP contribution in [-0.2, 0) is 16.1 Å². The quantitative estimate of drug-likeness (QED) is 0.829. The zero-order valence-electron chi connectivity index (χ0n) is 14.9. The minimum absolute atomic E-state index is 0.0947. The number of hydrogen-bond acceptors (Lipinski definition) is 6. The molecule has 7 heteroatoms. The largest absolute Gasteiger partial charge is 0.455 e. The Kier molecular flexibility index (Phi) is 3.66. The molecular weight excluding hydrogens is 351 g/mol. The topological polar surface area (TPSA) is 85.5 Å². The zero-order chi connectivity index (χ0) is 18.6. The summed E-state index contributed by atoms with van der Waals surface area (Å²) in [7, 11) is 0. The molecule has 0 amide bonds. The van der Waals surface area contributed by atoms with Crippen LogP contribution in [0.4, 0.5) is 4.39 Å². The van der Waals surface area contributed by atoms with Gasteiger partial charge in [-0.25, -0.2) is 4.39 Å². The summed E-state index contributed by atoms with van der Waals surface area (Å²) in [4.78, 5) is 17.1. The molecule has 6 rings (SSSR count). The van der Waals surface area contributed by atoms with Crippen LogP contribution in [0.3, 0.4) is 0 Å². The van der Waals surface area contributed by atoms with Crippen molar-refractivity contribution < 1.29 is 23.6 Å². The first-order valence-electron chi connectivity index (χ1n) is 9.41. The Bertz CT molecular complexity index is 864. The van der Waals surface area contributed by atoms with Gasteiger partial charge in [-0.3, -0.25) is 4.79 Å². The molecule has 0 radical (unpaired) electrons. The highest BCUT2D eigenvalue weighted by molar-refractivity contribution is 5.77. The Balaban J connectivity index is 1.27. The molecule has 4 fully saturated rings. The average molecular weight is 372 g/mol. The molecule has 0 saturated heterocycles. The monoisotopic (exact) mass is 372 g/mol. The lowest BCUT2D eigenvalue weighted by molar-refractivity contribution is -0.197. The van der Waals surface area contributed by atoms with Crippen molar-refractivity contribution in [3.05, 3.63) is 36.0 Å². The van der Waals surface area contributed by atoms with E-state index >= 15 is 0 Å². The molecule has 4 bridgehead atoms. The van der Waals surface area contributed by atoms with Crippen LogP contribution in [0.5, 0.6) is 0 Å². The van der Waals surface area contributed by atoms with Gasteiger partial charge in [-0.1, -0.05) is 5.16 Å². The summed E-state index contributed by atoms with van der Waals surface area (Å²) in [5.74, 6) is 0.746. The molecule has 1 N–H and O–H groups in total. The van der Waals surface area contributed by atoms with E-state index in [2.05, 4.69) is 10.1 Å². The molecule has 4 atom stereocenters. The van der Waals surface area contributed by atoms with E-state index in [1.165, 1.54) is 12.1 Å². The summed E-state index contributed by atoms with van der Waals surface area (Å²) in [6.07, 6.45) is 4.83. The number of hydrogen-bond donors (Lipinski definition) is 1. The first-order valence-corrected chi connectivity index (χ1v) is 9.41. The summed E-state index contributed by atoms with van der Waals surface area (Å²) in [5, 5.41) is 14.6. The smallest absolute Gasteiger partial charge is 0.312 e. The highest BCUT2D eigenvalue weighted by Gasteiger charge is 2.60. The SMILES string of the molecule is O=C(OCc1nc(-c2ccc(F)cc2)no1)C12C[C@@H]3C[C@@H](CC(O)(C3)C1)C2. The number of rotatable bonds is 4. The van der Waals surface area contributed by atoms with Gasteiger partial charge in [-0.05, 0) is 74.6 Å². The maximum atomic E-state index is 13.0. The fourth-order valence-electron chi connectivity index (χ4n) is 5.76. The van der Waals surface area contributed by atoms with Crippen molar-refractivity contribution in [2.45, 2.75) is 50.7 Å². The van der Waals surface area contributed by atoms with Crippen molar-refractivity contribution in [3.8, 4) is 11.4 Å². The van der Waals surface area contributed by atoms with Gasteiger partial charge in [0.25, 0.3) is 5.89 Å². The lowest BCUT2D eigenvalue weighted by atomic mass is 9.48. The molecule has 142 valence electrons. The molecule has 27 heavy (non-hydrogen) atoms. The van der Waals surface area contributed by atoms with Gasteiger partial charge < -0.3 is 14.4 Å². The number of benzene rings is 1. The van der Waals surface area contributed by atoms with E-state index in [1.807, 2.05) is 0 Å². The Morgan fingerprint density at radius 1 is 1.22 bits per heavy atom. The first-order chi connectivity index (χ1) is 12.9. The van der Waals surface area contributed by atoms with Gasteiger partial charge in [0.05, 0.1) is 11.0 Å². The van der Waals surface area contributed by atoms with Crippen LogP contribution in [0.25, 0.3) is 11.4 Å². The summed E-state index contributed by atoms with van der Waals surface area (Å²) >= 11 is 0. The average Bonchev–Trinajstić information content (AvgIpc) is 3.07. The van der Waals surface area contributed by atoms with Crippen molar-refractivity contribution in [2.75, 3.05) is 0 Å². The Morgan fingerprint density at radius 2 is 1.93 bits per heavy atom. The number of carbonyl (C=O) groups excluding carboxylic acids is 1. The minimum atomic E-state index is -0.705. The molecule has 4 aliphatic rings. The van der Waals surface area contributed by atoms with Gasteiger partial charge in [-0.15, -0.1) is 0 Å². The molecular formula is C20H21FN2O4.